The number of aryl methyl sites for hydroxylation is 1. The van der Waals surface area contributed by atoms with Crippen molar-refractivity contribution in [3.63, 3.8) is 0 Å². The van der Waals surface area contributed by atoms with E-state index in [9.17, 15) is 4.79 Å². The Labute approximate surface area is 111 Å². The second kappa shape index (κ2) is 5.36. The summed E-state index contributed by atoms with van der Waals surface area (Å²) in [4.78, 5) is 10.9. The van der Waals surface area contributed by atoms with Gasteiger partial charge >= 0.3 is 5.97 Å². The number of carboxylic acid groups (broad SMARTS) is 1. The molecule has 1 fully saturated rings. The topological polar surface area (TPSA) is 62.5 Å². The molecule has 5 heteroatoms. The molecule has 1 aliphatic rings. The standard InChI is InChI=1S/C13H19NO3S/c1-9-11(12(15)16)6-10(17-9)7-14-8-13(18-2)4-3-5-13/h6,14H,3-5,7-8H2,1-2H3,(H,15,16). The fourth-order valence-corrected chi connectivity index (χ4v) is 3.22. The first-order valence-corrected chi connectivity index (χ1v) is 7.37. The molecule has 1 aromatic rings. The molecule has 0 spiro atoms. The van der Waals surface area contributed by atoms with Gasteiger partial charge in [0.25, 0.3) is 0 Å². The Morgan fingerprint density at radius 1 is 1.61 bits per heavy atom. The molecular weight excluding hydrogens is 250 g/mol. The van der Waals surface area contributed by atoms with E-state index in [2.05, 4.69) is 11.6 Å². The molecule has 0 amide bonds. The van der Waals surface area contributed by atoms with E-state index >= 15 is 0 Å². The summed E-state index contributed by atoms with van der Waals surface area (Å²) in [5, 5.41) is 12.3. The van der Waals surface area contributed by atoms with Crippen LogP contribution in [0, 0.1) is 6.92 Å². The summed E-state index contributed by atoms with van der Waals surface area (Å²) in [5.41, 5.74) is 0.259. The van der Waals surface area contributed by atoms with Crippen LogP contribution in [-0.2, 0) is 6.54 Å². The summed E-state index contributed by atoms with van der Waals surface area (Å²) in [6, 6.07) is 1.61. The van der Waals surface area contributed by atoms with Gasteiger partial charge in [0.2, 0.25) is 0 Å². The molecule has 18 heavy (non-hydrogen) atoms. The monoisotopic (exact) mass is 269 g/mol. The highest BCUT2D eigenvalue weighted by Crippen LogP contribution is 2.42. The van der Waals surface area contributed by atoms with Crippen LogP contribution in [-0.4, -0.2) is 28.6 Å². The highest BCUT2D eigenvalue weighted by molar-refractivity contribution is 8.00. The molecule has 0 atom stereocenters. The first kappa shape index (κ1) is 13.5. The fourth-order valence-electron chi connectivity index (χ4n) is 2.28. The van der Waals surface area contributed by atoms with Gasteiger partial charge in [0, 0.05) is 11.3 Å². The highest BCUT2D eigenvalue weighted by Gasteiger charge is 2.35. The smallest absolute Gasteiger partial charge is 0.339 e. The SMILES string of the molecule is CSC1(CNCc2cc(C(=O)O)c(C)o2)CCC1. The third kappa shape index (κ3) is 2.72. The van der Waals surface area contributed by atoms with E-state index in [4.69, 9.17) is 9.52 Å². The zero-order valence-corrected chi connectivity index (χ0v) is 11.6. The number of rotatable bonds is 6. The van der Waals surface area contributed by atoms with Crippen LogP contribution in [0.5, 0.6) is 0 Å². The lowest BCUT2D eigenvalue weighted by molar-refractivity contribution is 0.0695. The predicted octanol–water partition coefficient (Wildman–Crippen LogP) is 2.66. The van der Waals surface area contributed by atoms with Gasteiger partial charge < -0.3 is 14.8 Å². The van der Waals surface area contributed by atoms with E-state index in [1.807, 2.05) is 11.8 Å². The van der Waals surface area contributed by atoms with E-state index in [0.717, 1.165) is 6.54 Å². The zero-order valence-electron chi connectivity index (χ0n) is 10.8. The van der Waals surface area contributed by atoms with E-state index in [-0.39, 0.29) is 5.56 Å². The number of aromatic carboxylic acids is 1. The lowest BCUT2D eigenvalue weighted by Crippen LogP contribution is -2.43. The Balaban J connectivity index is 1.87. The molecule has 0 aromatic carbocycles. The van der Waals surface area contributed by atoms with E-state index in [1.165, 1.54) is 19.3 Å². The Bertz CT molecular complexity index is 432. The molecule has 0 bridgehead atoms. The van der Waals surface area contributed by atoms with Crippen LogP contribution in [0.25, 0.3) is 0 Å². The number of carbonyl (C=O) groups is 1. The van der Waals surface area contributed by atoms with Crippen molar-refractivity contribution in [2.75, 3.05) is 12.8 Å². The second-order valence-electron chi connectivity index (χ2n) is 4.83. The second-order valence-corrected chi connectivity index (χ2v) is 6.11. The van der Waals surface area contributed by atoms with E-state index in [1.54, 1.807) is 13.0 Å². The van der Waals surface area contributed by atoms with Gasteiger partial charge in [-0.3, -0.25) is 0 Å². The van der Waals surface area contributed by atoms with Crippen LogP contribution >= 0.6 is 11.8 Å². The minimum atomic E-state index is -0.929. The number of furan rings is 1. The summed E-state index contributed by atoms with van der Waals surface area (Å²) in [5.74, 6) is 0.241. The summed E-state index contributed by atoms with van der Waals surface area (Å²) < 4.78 is 5.81. The molecule has 1 aliphatic carbocycles. The third-order valence-corrected chi connectivity index (χ3v) is 5.06. The van der Waals surface area contributed by atoms with Gasteiger partial charge in [0.15, 0.2) is 0 Å². The van der Waals surface area contributed by atoms with Crippen LogP contribution in [0.4, 0.5) is 0 Å². The van der Waals surface area contributed by atoms with Gasteiger partial charge in [-0.25, -0.2) is 4.79 Å². The van der Waals surface area contributed by atoms with Crippen molar-refractivity contribution in [2.45, 2.75) is 37.5 Å². The largest absolute Gasteiger partial charge is 0.478 e. The van der Waals surface area contributed by atoms with Crippen molar-refractivity contribution in [1.29, 1.82) is 0 Å². The van der Waals surface area contributed by atoms with Crippen LogP contribution < -0.4 is 5.32 Å². The van der Waals surface area contributed by atoms with Crippen molar-refractivity contribution in [1.82, 2.24) is 5.32 Å². The van der Waals surface area contributed by atoms with Gasteiger partial charge in [0.1, 0.15) is 17.1 Å². The molecule has 0 saturated heterocycles. The third-order valence-electron chi connectivity index (χ3n) is 3.64. The van der Waals surface area contributed by atoms with Crippen molar-refractivity contribution in [3.8, 4) is 0 Å². The van der Waals surface area contributed by atoms with Crippen LogP contribution in [0.3, 0.4) is 0 Å². The molecule has 2 N–H and O–H groups in total. The van der Waals surface area contributed by atoms with Crippen molar-refractivity contribution < 1.29 is 14.3 Å². The molecule has 0 aliphatic heterocycles. The average molecular weight is 269 g/mol. The van der Waals surface area contributed by atoms with Crippen LogP contribution in [0.15, 0.2) is 10.5 Å². The van der Waals surface area contributed by atoms with Crippen molar-refractivity contribution >= 4 is 17.7 Å². The van der Waals surface area contributed by atoms with Gasteiger partial charge in [-0.15, -0.1) is 0 Å². The van der Waals surface area contributed by atoms with Crippen molar-refractivity contribution in [2.24, 2.45) is 0 Å². The van der Waals surface area contributed by atoms with Crippen LogP contribution in [0.2, 0.25) is 0 Å². The molecule has 0 unspecified atom stereocenters. The molecule has 1 saturated carbocycles. The first-order valence-electron chi connectivity index (χ1n) is 6.15. The van der Waals surface area contributed by atoms with Crippen LogP contribution in [0.1, 0.15) is 41.1 Å². The number of thioether (sulfide) groups is 1. The Morgan fingerprint density at radius 3 is 2.78 bits per heavy atom. The van der Waals surface area contributed by atoms with Gasteiger partial charge in [-0.2, -0.15) is 11.8 Å². The van der Waals surface area contributed by atoms with E-state index < -0.39 is 5.97 Å². The maximum absolute atomic E-state index is 10.9. The first-order chi connectivity index (χ1) is 8.56. The van der Waals surface area contributed by atoms with Crippen molar-refractivity contribution in [3.05, 3.63) is 23.2 Å². The minimum absolute atomic E-state index is 0.259. The zero-order chi connectivity index (χ0) is 13.2. The molecule has 2 rings (SSSR count). The van der Waals surface area contributed by atoms with Gasteiger partial charge in [-0.05, 0) is 32.1 Å². The highest BCUT2D eigenvalue weighted by atomic mass is 32.2. The molecule has 1 aromatic heterocycles. The lowest BCUT2D eigenvalue weighted by Gasteiger charge is -2.40. The predicted molar refractivity (Wildman–Crippen MR) is 72.2 cm³/mol. The lowest BCUT2D eigenvalue weighted by atomic mass is 9.84. The molecule has 4 nitrogen and oxygen atoms in total. The van der Waals surface area contributed by atoms with E-state index in [0.29, 0.717) is 22.8 Å². The average Bonchev–Trinajstić information content (AvgIpc) is 2.64. The number of carboxylic acids is 1. The molecular formula is C13H19NO3S. The fraction of sp³-hybridized carbons (Fsp3) is 0.615. The van der Waals surface area contributed by atoms with Gasteiger partial charge in [0.05, 0.1) is 6.54 Å². The quantitative estimate of drug-likeness (QED) is 0.831. The summed E-state index contributed by atoms with van der Waals surface area (Å²) >= 11 is 1.92. The number of nitrogens with one attached hydrogen (secondary N) is 1. The maximum Gasteiger partial charge on any atom is 0.339 e. The number of hydrogen-bond acceptors (Lipinski definition) is 4. The molecule has 0 radical (unpaired) electrons. The minimum Gasteiger partial charge on any atom is -0.478 e. The summed E-state index contributed by atoms with van der Waals surface area (Å²) in [7, 11) is 0. The summed E-state index contributed by atoms with van der Waals surface area (Å²) in [6.45, 7) is 3.23. The Morgan fingerprint density at radius 2 is 2.33 bits per heavy atom. The molecule has 1 heterocycles. The number of hydrogen-bond donors (Lipinski definition) is 2. The normalized spacial score (nSPS) is 17.4. The van der Waals surface area contributed by atoms with Gasteiger partial charge in [-0.1, -0.05) is 6.42 Å². The maximum atomic E-state index is 10.9. The Hall–Kier alpha value is -0.940. The summed E-state index contributed by atoms with van der Waals surface area (Å²) in [6.07, 6.45) is 5.99. The molecule has 100 valence electrons. The Kier molecular flexibility index (Phi) is 4.02.